The summed E-state index contributed by atoms with van der Waals surface area (Å²) in [5.74, 6) is -1.98. The summed E-state index contributed by atoms with van der Waals surface area (Å²) in [7, 11) is -3.75. The van der Waals surface area contributed by atoms with Gasteiger partial charge in [-0.1, -0.05) is 13.0 Å². The van der Waals surface area contributed by atoms with Crippen molar-refractivity contribution in [2.75, 3.05) is 15.8 Å². The summed E-state index contributed by atoms with van der Waals surface area (Å²) in [5, 5.41) is 9.82. The highest BCUT2D eigenvalue weighted by Crippen LogP contribution is 2.32. The van der Waals surface area contributed by atoms with E-state index in [0.29, 0.717) is 17.3 Å². The predicted molar refractivity (Wildman–Crippen MR) is 114 cm³/mol. The Hall–Kier alpha value is -3.60. The Morgan fingerprint density at radius 2 is 1.94 bits per heavy atom. The Kier molecular flexibility index (Phi) is 5.51. The highest BCUT2D eigenvalue weighted by Gasteiger charge is 2.19. The van der Waals surface area contributed by atoms with Gasteiger partial charge < -0.3 is 5.32 Å². The van der Waals surface area contributed by atoms with Gasteiger partial charge in [-0.05, 0) is 36.2 Å². The zero-order valence-corrected chi connectivity index (χ0v) is 17.2. The second-order valence-electron chi connectivity index (χ2n) is 6.77. The number of sulfonamides is 1. The van der Waals surface area contributed by atoms with Gasteiger partial charge in [0.2, 0.25) is 10.0 Å². The number of H-pyrrole nitrogens is 1. The van der Waals surface area contributed by atoms with Gasteiger partial charge in [-0.3, -0.25) is 9.82 Å². The van der Waals surface area contributed by atoms with Crippen LogP contribution in [0.15, 0.2) is 49.1 Å². The van der Waals surface area contributed by atoms with E-state index >= 15 is 4.39 Å². The zero-order chi connectivity index (χ0) is 22.0. The van der Waals surface area contributed by atoms with Crippen LogP contribution in [0, 0.1) is 11.6 Å². The number of hydrogen-bond donors (Lipinski definition) is 3. The van der Waals surface area contributed by atoms with E-state index in [2.05, 4.69) is 30.2 Å². The zero-order valence-electron chi connectivity index (χ0n) is 16.4. The molecule has 4 rings (SSSR count). The van der Waals surface area contributed by atoms with E-state index in [1.807, 2.05) is 6.07 Å². The van der Waals surface area contributed by atoms with Gasteiger partial charge in [-0.25, -0.2) is 27.2 Å². The SMILES string of the molecule is CCCS(=O)(=O)Nc1ccc(F)c(Nc2ncnc3ccc(-c4cn[nH]c4)cc23)c1F. The maximum Gasteiger partial charge on any atom is 0.232 e. The number of hydrogen-bond acceptors (Lipinski definition) is 6. The lowest BCUT2D eigenvalue weighted by atomic mass is 10.1. The molecule has 0 aliphatic rings. The Balaban J connectivity index is 1.75. The molecule has 2 aromatic heterocycles. The Labute approximate surface area is 176 Å². The monoisotopic (exact) mass is 444 g/mol. The van der Waals surface area contributed by atoms with Crippen LogP contribution in [0.3, 0.4) is 0 Å². The molecular weight excluding hydrogens is 426 g/mol. The van der Waals surface area contributed by atoms with Crippen molar-refractivity contribution >= 4 is 38.1 Å². The molecule has 4 aromatic rings. The third-order valence-corrected chi connectivity index (χ3v) is 6.02. The first-order chi connectivity index (χ1) is 14.9. The average Bonchev–Trinajstić information content (AvgIpc) is 3.28. The van der Waals surface area contributed by atoms with E-state index < -0.39 is 27.3 Å². The highest BCUT2D eigenvalue weighted by molar-refractivity contribution is 7.92. The lowest BCUT2D eigenvalue weighted by Gasteiger charge is -2.14. The lowest BCUT2D eigenvalue weighted by molar-refractivity contribution is 0.588. The van der Waals surface area contributed by atoms with Crippen molar-refractivity contribution in [3.05, 3.63) is 60.7 Å². The number of aromatic amines is 1. The van der Waals surface area contributed by atoms with Crippen LogP contribution in [0.1, 0.15) is 13.3 Å². The van der Waals surface area contributed by atoms with E-state index in [4.69, 9.17) is 0 Å². The minimum atomic E-state index is -3.75. The van der Waals surface area contributed by atoms with Gasteiger partial charge in [0.1, 0.15) is 23.6 Å². The van der Waals surface area contributed by atoms with Gasteiger partial charge in [0, 0.05) is 17.1 Å². The third kappa shape index (κ3) is 4.31. The van der Waals surface area contributed by atoms with Gasteiger partial charge in [-0.2, -0.15) is 5.10 Å². The van der Waals surface area contributed by atoms with Crippen molar-refractivity contribution < 1.29 is 17.2 Å². The number of nitrogens with one attached hydrogen (secondary N) is 3. The molecule has 160 valence electrons. The van der Waals surface area contributed by atoms with Crippen LogP contribution in [0.25, 0.3) is 22.0 Å². The summed E-state index contributed by atoms with van der Waals surface area (Å²) >= 11 is 0. The Morgan fingerprint density at radius 1 is 1.10 bits per heavy atom. The molecule has 0 fully saturated rings. The number of rotatable bonds is 7. The molecule has 3 N–H and O–H groups in total. The summed E-state index contributed by atoms with van der Waals surface area (Å²) in [5.41, 5.74) is 1.31. The van der Waals surface area contributed by atoms with E-state index in [1.165, 1.54) is 6.33 Å². The topological polar surface area (TPSA) is 113 Å². The Morgan fingerprint density at radius 3 is 2.68 bits per heavy atom. The smallest absolute Gasteiger partial charge is 0.232 e. The first-order valence-corrected chi connectivity index (χ1v) is 11.0. The summed E-state index contributed by atoms with van der Waals surface area (Å²) in [4.78, 5) is 8.31. The summed E-state index contributed by atoms with van der Waals surface area (Å²) in [6.07, 6.45) is 4.98. The fraction of sp³-hybridized carbons (Fsp3) is 0.150. The van der Waals surface area contributed by atoms with Gasteiger partial charge in [0.15, 0.2) is 5.82 Å². The molecule has 0 spiro atoms. The molecule has 2 heterocycles. The van der Waals surface area contributed by atoms with Crippen LogP contribution < -0.4 is 10.0 Å². The average molecular weight is 444 g/mol. The van der Waals surface area contributed by atoms with Crippen molar-refractivity contribution in [1.29, 1.82) is 0 Å². The molecule has 0 radical (unpaired) electrons. The third-order valence-electron chi connectivity index (χ3n) is 4.54. The molecule has 0 saturated carbocycles. The van der Waals surface area contributed by atoms with Crippen molar-refractivity contribution in [2.24, 2.45) is 0 Å². The van der Waals surface area contributed by atoms with E-state index in [9.17, 15) is 12.8 Å². The quantitative estimate of drug-likeness (QED) is 0.394. The molecule has 0 bridgehead atoms. The van der Waals surface area contributed by atoms with Crippen LogP contribution in [0.5, 0.6) is 0 Å². The minimum absolute atomic E-state index is 0.168. The first-order valence-electron chi connectivity index (χ1n) is 9.37. The molecule has 11 heteroatoms. The van der Waals surface area contributed by atoms with Crippen LogP contribution in [0.4, 0.5) is 26.0 Å². The van der Waals surface area contributed by atoms with Crippen LogP contribution in [0.2, 0.25) is 0 Å². The number of nitrogens with zero attached hydrogens (tertiary/aromatic N) is 3. The van der Waals surface area contributed by atoms with Crippen molar-refractivity contribution in [1.82, 2.24) is 20.2 Å². The van der Waals surface area contributed by atoms with Gasteiger partial charge in [0.25, 0.3) is 0 Å². The molecule has 8 nitrogen and oxygen atoms in total. The normalized spacial score (nSPS) is 11.6. The lowest BCUT2D eigenvalue weighted by Crippen LogP contribution is -2.17. The maximum atomic E-state index is 15.0. The number of halogens is 2. The molecule has 0 aliphatic carbocycles. The highest BCUT2D eigenvalue weighted by atomic mass is 32.2. The molecular formula is C20H18F2N6O2S. The first kappa shape index (κ1) is 20.7. The fourth-order valence-corrected chi connectivity index (χ4v) is 4.23. The molecule has 2 aromatic carbocycles. The van der Waals surface area contributed by atoms with E-state index in [0.717, 1.165) is 23.3 Å². The minimum Gasteiger partial charge on any atom is -0.335 e. The molecule has 0 amide bonds. The maximum absolute atomic E-state index is 15.0. The second kappa shape index (κ2) is 8.26. The molecule has 0 unspecified atom stereocenters. The summed E-state index contributed by atoms with van der Waals surface area (Å²) < 4.78 is 55.6. The number of anilines is 3. The fourth-order valence-electron chi connectivity index (χ4n) is 3.10. The van der Waals surface area contributed by atoms with Crippen LogP contribution >= 0.6 is 0 Å². The van der Waals surface area contributed by atoms with E-state index in [-0.39, 0.29) is 17.3 Å². The molecule has 31 heavy (non-hydrogen) atoms. The number of fused-ring (bicyclic) bond motifs is 1. The van der Waals surface area contributed by atoms with Gasteiger partial charge in [0.05, 0.1) is 23.2 Å². The summed E-state index contributed by atoms with van der Waals surface area (Å²) in [6.45, 7) is 1.69. The van der Waals surface area contributed by atoms with E-state index in [1.54, 1.807) is 31.5 Å². The van der Waals surface area contributed by atoms with Crippen LogP contribution in [-0.4, -0.2) is 34.3 Å². The summed E-state index contributed by atoms with van der Waals surface area (Å²) in [6, 6.07) is 7.39. The largest absolute Gasteiger partial charge is 0.335 e. The van der Waals surface area contributed by atoms with Gasteiger partial charge in [-0.15, -0.1) is 0 Å². The van der Waals surface area contributed by atoms with Gasteiger partial charge >= 0.3 is 0 Å². The van der Waals surface area contributed by atoms with Crippen molar-refractivity contribution in [3.8, 4) is 11.1 Å². The number of benzene rings is 2. The van der Waals surface area contributed by atoms with Crippen molar-refractivity contribution in [2.45, 2.75) is 13.3 Å². The van der Waals surface area contributed by atoms with Crippen LogP contribution in [-0.2, 0) is 10.0 Å². The number of aromatic nitrogens is 4. The predicted octanol–water partition coefficient (Wildman–Crippen LogP) is 4.19. The second-order valence-corrected chi connectivity index (χ2v) is 8.61. The Bertz CT molecular complexity index is 1340. The molecule has 0 saturated heterocycles. The van der Waals surface area contributed by atoms with Crippen molar-refractivity contribution in [3.63, 3.8) is 0 Å². The molecule has 0 atom stereocenters. The molecule has 0 aliphatic heterocycles. The standard InChI is InChI=1S/C20H18F2N6O2S/c1-2-7-31(29,30)28-17-6-4-15(21)19(18(17)22)27-20-14-8-12(13-9-25-26-10-13)3-5-16(14)23-11-24-20/h3-6,8-11,28H,2,7H2,1H3,(H,25,26)(H,23,24,27).